The predicted molar refractivity (Wildman–Crippen MR) is 68.7 cm³/mol. The van der Waals surface area contributed by atoms with E-state index in [0.717, 1.165) is 10.0 Å². The van der Waals surface area contributed by atoms with Crippen LogP contribution in [0.5, 0.6) is 0 Å². The summed E-state index contributed by atoms with van der Waals surface area (Å²) in [6, 6.07) is 5.13. The largest absolute Gasteiger partial charge is 0.294 e. The van der Waals surface area contributed by atoms with E-state index in [1.165, 1.54) is 11.8 Å². The molecule has 1 aliphatic heterocycles. The number of anilines is 1. The zero-order valence-corrected chi connectivity index (χ0v) is 11.5. The van der Waals surface area contributed by atoms with Crippen molar-refractivity contribution in [1.29, 1.82) is 0 Å². The molecule has 2 amide bonds. The lowest BCUT2D eigenvalue weighted by molar-refractivity contribution is -0.127. The first kappa shape index (κ1) is 12.3. The summed E-state index contributed by atoms with van der Waals surface area (Å²) < 4.78 is 0.904. The average Bonchev–Trinajstić information content (AvgIpc) is 2.48. The zero-order chi connectivity index (χ0) is 12.7. The number of hydrogen-bond donors (Lipinski definition) is 0. The van der Waals surface area contributed by atoms with Gasteiger partial charge in [0.15, 0.2) is 0 Å². The fourth-order valence-corrected chi connectivity index (χ4v) is 2.52. The van der Waals surface area contributed by atoms with Crippen molar-refractivity contribution in [2.75, 3.05) is 19.0 Å². The van der Waals surface area contributed by atoms with Crippen molar-refractivity contribution in [3.8, 4) is 0 Å². The Bertz CT molecular complexity index is 499. The van der Waals surface area contributed by atoms with Gasteiger partial charge in [-0.2, -0.15) is 0 Å². The van der Waals surface area contributed by atoms with Gasteiger partial charge in [-0.25, -0.2) is 4.90 Å². The van der Waals surface area contributed by atoms with Gasteiger partial charge < -0.3 is 0 Å². The van der Waals surface area contributed by atoms with Crippen LogP contribution in [-0.4, -0.2) is 30.8 Å². The Morgan fingerprint density at radius 3 is 2.59 bits per heavy atom. The topological polar surface area (TPSA) is 40.6 Å². The van der Waals surface area contributed by atoms with Crippen LogP contribution in [0, 0.1) is 0 Å². The Labute approximate surface area is 108 Å². The van der Waals surface area contributed by atoms with E-state index in [-0.39, 0.29) is 17.9 Å². The van der Waals surface area contributed by atoms with Gasteiger partial charge in [-0.05, 0) is 32.3 Å². The molecule has 1 aromatic rings. The number of amides is 2. The Morgan fingerprint density at radius 2 is 2.06 bits per heavy atom. The molecule has 1 aromatic carbocycles. The highest BCUT2D eigenvalue weighted by molar-refractivity contribution is 9.10. The Hall–Kier alpha value is -1.20. The molecular formula is C12H13BrN2O2. The standard InChI is InChI=1S/C12H13BrN2O2/c1-7(16)15-10-5-4-8(13)6-9(10)11(12(15)17)14(2)3/h4-6,11H,1-3H3. The van der Waals surface area contributed by atoms with Crippen molar-refractivity contribution in [3.63, 3.8) is 0 Å². The van der Waals surface area contributed by atoms with Gasteiger partial charge in [-0.3, -0.25) is 14.5 Å². The molecule has 1 aliphatic rings. The van der Waals surface area contributed by atoms with E-state index in [9.17, 15) is 9.59 Å². The quantitative estimate of drug-likeness (QED) is 0.795. The minimum Gasteiger partial charge on any atom is -0.294 e. The minimum atomic E-state index is -0.383. The summed E-state index contributed by atoms with van der Waals surface area (Å²) in [6.45, 7) is 1.40. The maximum atomic E-state index is 12.2. The maximum absolute atomic E-state index is 12.2. The Balaban J connectivity index is 2.61. The highest BCUT2D eigenvalue weighted by Gasteiger charge is 2.40. The van der Waals surface area contributed by atoms with Crippen molar-refractivity contribution in [3.05, 3.63) is 28.2 Å². The molecule has 0 fully saturated rings. The van der Waals surface area contributed by atoms with Gasteiger partial charge in [0.1, 0.15) is 6.04 Å². The van der Waals surface area contributed by atoms with Crippen molar-refractivity contribution < 1.29 is 9.59 Å². The van der Waals surface area contributed by atoms with E-state index in [1.807, 2.05) is 31.1 Å². The van der Waals surface area contributed by atoms with Gasteiger partial charge in [0, 0.05) is 17.0 Å². The van der Waals surface area contributed by atoms with E-state index >= 15 is 0 Å². The third-order valence-electron chi connectivity index (χ3n) is 2.81. The lowest BCUT2D eigenvalue weighted by atomic mass is 10.1. The molecule has 1 heterocycles. The zero-order valence-electron chi connectivity index (χ0n) is 9.90. The summed E-state index contributed by atoms with van der Waals surface area (Å²) in [5, 5.41) is 0. The van der Waals surface area contributed by atoms with Crippen LogP contribution in [0.2, 0.25) is 0 Å². The molecule has 0 N–H and O–H groups in total. The summed E-state index contributed by atoms with van der Waals surface area (Å²) in [4.78, 5) is 26.8. The van der Waals surface area contributed by atoms with Crippen molar-refractivity contribution in [2.24, 2.45) is 0 Å². The Morgan fingerprint density at radius 1 is 1.41 bits per heavy atom. The fraction of sp³-hybridized carbons (Fsp3) is 0.333. The summed E-state index contributed by atoms with van der Waals surface area (Å²) in [5.41, 5.74) is 1.55. The average molecular weight is 297 g/mol. The minimum absolute atomic E-state index is 0.185. The number of rotatable bonds is 1. The number of fused-ring (bicyclic) bond motifs is 1. The monoisotopic (exact) mass is 296 g/mol. The van der Waals surface area contributed by atoms with Crippen molar-refractivity contribution in [2.45, 2.75) is 13.0 Å². The van der Waals surface area contributed by atoms with Crippen LogP contribution in [0.25, 0.3) is 0 Å². The van der Waals surface area contributed by atoms with Crippen LogP contribution < -0.4 is 4.90 Å². The maximum Gasteiger partial charge on any atom is 0.255 e. The number of carbonyl (C=O) groups is 2. The molecule has 17 heavy (non-hydrogen) atoms. The molecule has 0 saturated heterocycles. The first-order valence-corrected chi connectivity index (χ1v) is 6.03. The van der Waals surface area contributed by atoms with Gasteiger partial charge in [0.2, 0.25) is 5.91 Å². The number of likely N-dealkylation sites (N-methyl/N-ethyl adjacent to an activating group) is 1. The van der Waals surface area contributed by atoms with Crippen LogP contribution in [-0.2, 0) is 9.59 Å². The second kappa shape index (κ2) is 4.23. The number of halogens is 1. The smallest absolute Gasteiger partial charge is 0.255 e. The second-order valence-electron chi connectivity index (χ2n) is 4.26. The van der Waals surface area contributed by atoms with Crippen LogP contribution in [0.1, 0.15) is 18.5 Å². The molecule has 0 aromatic heterocycles. The third-order valence-corrected chi connectivity index (χ3v) is 3.30. The Kier molecular flexibility index (Phi) is 3.05. The highest BCUT2D eigenvalue weighted by atomic mass is 79.9. The van der Waals surface area contributed by atoms with Crippen molar-refractivity contribution in [1.82, 2.24) is 4.90 Å². The molecule has 5 heteroatoms. The van der Waals surface area contributed by atoms with E-state index in [4.69, 9.17) is 0 Å². The SMILES string of the molecule is CC(=O)N1C(=O)C(N(C)C)c2cc(Br)ccc21. The molecule has 0 spiro atoms. The van der Waals surface area contributed by atoms with Crippen LogP contribution in [0.15, 0.2) is 22.7 Å². The molecule has 0 aliphatic carbocycles. The summed E-state index contributed by atoms with van der Waals surface area (Å²) in [6.07, 6.45) is 0. The van der Waals surface area contributed by atoms with Gasteiger partial charge in [-0.15, -0.1) is 0 Å². The van der Waals surface area contributed by atoms with Crippen LogP contribution >= 0.6 is 15.9 Å². The lowest BCUT2D eigenvalue weighted by Gasteiger charge is -2.18. The van der Waals surface area contributed by atoms with E-state index in [2.05, 4.69) is 15.9 Å². The van der Waals surface area contributed by atoms with Gasteiger partial charge in [0.05, 0.1) is 5.69 Å². The number of hydrogen-bond acceptors (Lipinski definition) is 3. The van der Waals surface area contributed by atoms with Gasteiger partial charge >= 0.3 is 0 Å². The molecule has 0 saturated carbocycles. The molecule has 0 radical (unpaired) electrons. The first-order chi connectivity index (χ1) is 7.93. The molecule has 2 rings (SSSR count). The van der Waals surface area contributed by atoms with Crippen LogP contribution in [0.4, 0.5) is 5.69 Å². The molecule has 4 nitrogen and oxygen atoms in total. The summed E-state index contributed by atoms with van der Waals surface area (Å²) in [7, 11) is 3.66. The normalized spacial score (nSPS) is 18.8. The van der Waals surface area contributed by atoms with Gasteiger partial charge in [-0.1, -0.05) is 15.9 Å². The molecular weight excluding hydrogens is 284 g/mol. The number of carbonyl (C=O) groups excluding carboxylic acids is 2. The van der Waals surface area contributed by atoms with E-state index in [0.29, 0.717) is 5.69 Å². The van der Waals surface area contributed by atoms with E-state index < -0.39 is 0 Å². The second-order valence-corrected chi connectivity index (χ2v) is 5.18. The molecule has 0 bridgehead atoms. The highest BCUT2D eigenvalue weighted by Crippen LogP contribution is 2.39. The fourth-order valence-electron chi connectivity index (χ4n) is 2.15. The predicted octanol–water partition coefficient (Wildman–Crippen LogP) is 1.94. The molecule has 1 unspecified atom stereocenters. The number of benzene rings is 1. The number of nitrogens with zero attached hydrogens (tertiary/aromatic N) is 2. The first-order valence-electron chi connectivity index (χ1n) is 5.24. The summed E-state index contributed by atoms with van der Waals surface area (Å²) >= 11 is 3.39. The van der Waals surface area contributed by atoms with Crippen molar-refractivity contribution >= 4 is 33.4 Å². The molecule has 1 atom stereocenters. The third kappa shape index (κ3) is 1.89. The molecule has 90 valence electrons. The number of imide groups is 1. The van der Waals surface area contributed by atoms with Crippen LogP contribution in [0.3, 0.4) is 0 Å². The van der Waals surface area contributed by atoms with Gasteiger partial charge in [0.25, 0.3) is 5.91 Å². The summed E-state index contributed by atoms with van der Waals surface area (Å²) in [5.74, 6) is -0.432. The lowest BCUT2D eigenvalue weighted by Crippen LogP contribution is -2.37. The van der Waals surface area contributed by atoms with E-state index in [1.54, 1.807) is 6.07 Å².